The van der Waals surface area contributed by atoms with E-state index in [0.717, 1.165) is 56.0 Å². The number of rotatable bonds is 6. The SMILES string of the molecule is CN1CCN(CC2(CNC(=O)c3ccccc3-c3ccccc3)CC2)CC1. The number of hydrogen-bond donors (Lipinski definition) is 1. The van der Waals surface area contributed by atoms with Gasteiger partial charge in [-0.3, -0.25) is 4.79 Å². The van der Waals surface area contributed by atoms with E-state index >= 15 is 0 Å². The van der Waals surface area contributed by atoms with E-state index in [4.69, 9.17) is 0 Å². The second kappa shape index (κ2) is 7.83. The van der Waals surface area contributed by atoms with Gasteiger partial charge in [-0.1, -0.05) is 48.5 Å². The van der Waals surface area contributed by atoms with Gasteiger partial charge in [-0.2, -0.15) is 0 Å². The van der Waals surface area contributed by atoms with Crippen molar-refractivity contribution in [1.82, 2.24) is 15.1 Å². The van der Waals surface area contributed by atoms with E-state index in [9.17, 15) is 4.79 Å². The van der Waals surface area contributed by atoms with Gasteiger partial charge in [0, 0.05) is 50.2 Å². The lowest BCUT2D eigenvalue weighted by atomic mass is 9.99. The van der Waals surface area contributed by atoms with Gasteiger partial charge in [0.05, 0.1) is 0 Å². The predicted molar refractivity (Wildman–Crippen MR) is 110 cm³/mol. The molecule has 0 bridgehead atoms. The van der Waals surface area contributed by atoms with Gasteiger partial charge in [0.25, 0.3) is 5.91 Å². The van der Waals surface area contributed by atoms with Crippen LogP contribution in [-0.4, -0.2) is 62.0 Å². The van der Waals surface area contributed by atoms with Crippen LogP contribution in [0, 0.1) is 5.41 Å². The van der Waals surface area contributed by atoms with Crippen LogP contribution in [0.15, 0.2) is 54.6 Å². The highest BCUT2D eigenvalue weighted by molar-refractivity contribution is 6.00. The van der Waals surface area contributed by atoms with Crippen molar-refractivity contribution in [3.05, 3.63) is 60.2 Å². The molecule has 1 aliphatic heterocycles. The summed E-state index contributed by atoms with van der Waals surface area (Å²) < 4.78 is 0. The van der Waals surface area contributed by atoms with Gasteiger partial charge in [0.15, 0.2) is 0 Å². The Morgan fingerprint density at radius 1 is 0.963 bits per heavy atom. The maximum Gasteiger partial charge on any atom is 0.251 e. The number of nitrogens with zero attached hydrogens (tertiary/aromatic N) is 2. The number of amides is 1. The van der Waals surface area contributed by atoms with Crippen molar-refractivity contribution in [3.8, 4) is 11.1 Å². The van der Waals surface area contributed by atoms with Crippen molar-refractivity contribution >= 4 is 5.91 Å². The summed E-state index contributed by atoms with van der Waals surface area (Å²) in [5.41, 5.74) is 3.13. The number of nitrogens with one attached hydrogen (secondary N) is 1. The summed E-state index contributed by atoms with van der Waals surface area (Å²) in [5, 5.41) is 3.23. The van der Waals surface area contributed by atoms with Crippen LogP contribution < -0.4 is 5.32 Å². The average molecular weight is 364 g/mol. The predicted octanol–water partition coefficient (Wildman–Crippen LogP) is 3.11. The Kier molecular flexibility index (Phi) is 5.28. The lowest BCUT2D eigenvalue weighted by Gasteiger charge is -2.34. The van der Waals surface area contributed by atoms with Crippen molar-refractivity contribution < 1.29 is 4.79 Å². The number of carbonyl (C=O) groups is 1. The molecule has 142 valence electrons. The molecule has 1 aliphatic carbocycles. The van der Waals surface area contributed by atoms with Crippen LogP contribution in [0.25, 0.3) is 11.1 Å². The molecule has 0 atom stereocenters. The standard InChI is InChI=1S/C23H29N3O/c1-25-13-15-26(16-14-25)18-23(11-12-23)17-24-22(27)21-10-6-5-9-20(21)19-7-3-2-4-8-19/h2-10H,11-18H2,1H3,(H,24,27). The molecular weight excluding hydrogens is 334 g/mol. The highest BCUT2D eigenvalue weighted by Gasteiger charge is 2.44. The van der Waals surface area contributed by atoms with E-state index < -0.39 is 0 Å². The summed E-state index contributed by atoms with van der Waals surface area (Å²) >= 11 is 0. The molecule has 0 spiro atoms. The number of carbonyl (C=O) groups excluding carboxylic acids is 1. The van der Waals surface area contributed by atoms with E-state index in [2.05, 4.69) is 34.3 Å². The van der Waals surface area contributed by atoms with Gasteiger partial charge in [-0.25, -0.2) is 0 Å². The Morgan fingerprint density at radius 2 is 1.63 bits per heavy atom. The zero-order chi connectivity index (χ0) is 18.7. The molecule has 4 heteroatoms. The van der Waals surface area contributed by atoms with E-state index in [1.165, 1.54) is 12.8 Å². The van der Waals surface area contributed by atoms with Crippen molar-refractivity contribution in [2.45, 2.75) is 12.8 Å². The molecule has 4 nitrogen and oxygen atoms in total. The zero-order valence-electron chi connectivity index (χ0n) is 16.2. The second-order valence-corrected chi connectivity index (χ2v) is 8.17. The number of piperazine rings is 1. The smallest absolute Gasteiger partial charge is 0.251 e. The minimum Gasteiger partial charge on any atom is -0.351 e. The zero-order valence-corrected chi connectivity index (χ0v) is 16.2. The molecule has 27 heavy (non-hydrogen) atoms. The lowest BCUT2D eigenvalue weighted by molar-refractivity contribution is 0.0927. The van der Waals surface area contributed by atoms with Crippen LogP contribution in [0.1, 0.15) is 23.2 Å². The second-order valence-electron chi connectivity index (χ2n) is 8.17. The third-order valence-corrected chi connectivity index (χ3v) is 5.99. The average Bonchev–Trinajstić information content (AvgIpc) is 3.48. The minimum absolute atomic E-state index is 0.0408. The van der Waals surface area contributed by atoms with Crippen LogP contribution in [0.3, 0.4) is 0 Å². The first-order chi connectivity index (χ1) is 13.2. The van der Waals surface area contributed by atoms with Crippen molar-refractivity contribution in [2.24, 2.45) is 5.41 Å². The van der Waals surface area contributed by atoms with Crippen LogP contribution in [0.5, 0.6) is 0 Å². The Hall–Kier alpha value is -2.17. The number of hydrogen-bond acceptors (Lipinski definition) is 3. The fourth-order valence-electron chi connectivity index (χ4n) is 3.96. The number of benzene rings is 2. The molecule has 2 fully saturated rings. The Labute approximate surface area is 162 Å². The van der Waals surface area contributed by atoms with Crippen LogP contribution in [-0.2, 0) is 0 Å². The van der Waals surface area contributed by atoms with Crippen LogP contribution in [0.2, 0.25) is 0 Å². The summed E-state index contributed by atoms with van der Waals surface area (Å²) in [5.74, 6) is 0.0408. The molecule has 2 aromatic carbocycles. The third-order valence-electron chi connectivity index (χ3n) is 5.99. The quantitative estimate of drug-likeness (QED) is 0.857. The van der Waals surface area contributed by atoms with Gasteiger partial charge in [0.2, 0.25) is 0 Å². The van der Waals surface area contributed by atoms with Crippen LogP contribution >= 0.6 is 0 Å². The van der Waals surface area contributed by atoms with Gasteiger partial charge in [0.1, 0.15) is 0 Å². The van der Waals surface area contributed by atoms with E-state index in [-0.39, 0.29) is 11.3 Å². The molecule has 0 radical (unpaired) electrons. The first-order valence-corrected chi connectivity index (χ1v) is 9.99. The summed E-state index contributed by atoms with van der Waals surface area (Å²) in [6.45, 7) is 6.47. The Morgan fingerprint density at radius 3 is 2.33 bits per heavy atom. The molecule has 1 saturated carbocycles. The van der Waals surface area contributed by atoms with Crippen molar-refractivity contribution in [3.63, 3.8) is 0 Å². The van der Waals surface area contributed by atoms with E-state index in [1.807, 2.05) is 42.5 Å². The fourth-order valence-corrected chi connectivity index (χ4v) is 3.96. The molecule has 0 aromatic heterocycles. The van der Waals surface area contributed by atoms with Gasteiger partial charge in [-0.15, -0.1) is 0 Å². The first kappa shape index (κ1) is 18.2. The number of likely N-dealkylation sites (N-methyl/N-ethyl adjacent to an activating group) is 1. The molecule has 1 amide bonds. The molecule has 0 unspecified atom stereocenters. The molecule has 2 aliphatic rings. The van der Waals surface area contributed by atoms with E-state index in [0.29, 0.717) is 0 Å². The molecule has 1 N–H and O–H groups in total. The molecule has 1 heterocycles. The highest BCUT2D eigenvalue weighted by atomic mass is 16.1. The molecule has 4 rings (SSSR count). The molecule has 1 saturated heterocycles. The normalized spacial score (nSPS) is 19.6. The van der Waals surface area contributed by atoms with Gasteiger partial charge in [-0.05, 0) is 37.1 Å². The fraction of sp³-hybridized carbons (Fsp3) is 0.435. The summed E-state index contributed by atoms with van der Waals surface area (Å²) in [6.07, 6.45) is 2.44. The minimum atomic E-state index is 0.0408. The maximum atomic E-state index is 12.9. The molecular formula is C23H29N3O. The van der Waals surface area contributed by atoms with Gasteiger partial charge < -0.3 is 15.1 Å². The topological polar surface area (TPSA) is 35.6 Å². The summed E-state index contributed by atoms with van der Waals surface area (Å²) in [4.78, 5) is 17.9. The monoisotopic (exact) mass is 363 g/mol. The first-order valence-electron chi connectivity index (χ1n) is 9.99. The van der Waals surface area contributed by atoms with E-state index in [1.54, 1.807) is 0 Å². The summed E-state index contributed by atoms with van der Waals surface area (Å²) in [6, 6.07) is 18.0. The Bertz CT molecular complexity index is 777. The van der Waals surface area contributed by atoms with Gasteiger partial charge >= 0.3 is 0 Å². The lowest BCUT2D eigenvalue weighted by Crippen LogP contribution is -2.47. The third kappa shape index (κ3) is 4.40. The highest BCUT2D eigenvalue weighted by Crippen LogP contribution is 2.45. The Balaban J connectivity index is 1.39. The van der Waals surface area contributed by atoms with Crippen molar-refractivity contribution in [1.29, 1.82) is 0 Å². The van der Waals surface area contributed by atoms with Crippen LogP contribution in [0.4, 0.5) is 0 Å². The summed E-state index contributed by atoms with van der Waals surface area (Å²) in [7, 11) is 2.19. The maximum absolute atomic E-state index is 12.9. The largest absolute Gasteiger partial charge is 0.351 e. The van der Waals surface area contributed by atoms with Crippen molar-refractivity contribution in [2.75, 3.05) is 46.3 Å². The molecule has 2 aromatic rings.